The zero-order chi connectivity index (χ0) is 15.2. The van der Waals surface area contributed by atoms with Crippen molar-refractivity contribution in [3.63, 3.8) is 0 Å². The van der Waals surface area contributed by atoms with E-state index < -0.39 is 6.10 Å². The average molecular weight is 283 g/mol. The largest absolute Gasteiger partial charge is 0.481 e. The van der Waals surface area contributed by atoms with Gasteiger partial charge in [0.05, 0.1) is 0 Å². The standard InChI is InChI=1S/C17H17NO3/c1-12(17(20)18-2)21-15-10-8-14(9-11-15)16(19)13-6-4-3-5-7-13/h3-12H,1-2H3,(H,18,20). The lowest BCUT2D eigenvalue weighted by atomic mass is 10.0. The van der Waals surface area contributed by atoms with Crippen molar-refractivity contribution in [1.82, 2.24) is 5.32 Å². The van der Waals surface area contributed by atoms with Gasteiger partial charge in [-0.2, -0.15) is 0 Å². The van der Waals surface area contributed by atoms with Crippen LogP contribution < -0.4 is 10.1 Å². The molecule has 0 aliphatic heterocycles. The quantitative estimate of drug-likeness (QED) is 0.857. The van der Waals surface area contributed by atoms with E-state index in [2.05, 4.69) is 5.32 Å². The first-order valence-corrected chi connectivity index (χ1v) is 6.70. The summed E-state index contributed by atoms with van der Waals surface area (Å²) >= 11 is 0. The number of carbonyl (C=O) groups excluding carboxylic acids is 2. The second-order valence-corrected chi connectivity index (χ2v) is 4.59. The van der Waals surface area contributed by atoms with E-state index in [4.69, 9.17) is 4.74 Å². The molecular formula is C17H17NO3. The molecule has 1 unspecified atom stereocenters. The molecule has 2 aromatic rings. The minimum Gasteiger partial charge on any atom is -0.481 e. The lowest BCUT2D eigenvalue weighted by Gasteiger charge is -2.13. The van der Waals surface area contributed by atoms with Crippen LogP contribution in [0.1, 0.15) is 22.8 Å². The summed E-state index contributed by atoms with van der Waals surface area (Å²) in [4.78, 5) is 23.6. The predicted molar refractivity (Wildman–Crippen MR) is 80.5 cm³/mol. The zero-order valence-electron chi connectivity index (χ0n) is 12.0. The van der Waals surface area contributed by atoms with Gasteiger partial charge < -0.3 is 10.1 Å². The first kappa shape index (κ1) is 14.8. The molecule has 4 heteroatoms. The van der Waals surface area contributed by atoms with E-state index in [-0.39, 0.29) is 11.7 Å². The average Bonchev–Trinajstić information content (AvgIpc) is 2.55. The highest BCUT2D eigenvalue weighted by Gasteiger charge is 2.13. The molecule has 0 aliphatic rings. The molecule has 0 spiro atoms. The Bertz CT molecular complexity index is 620. The lowest BCUT2D eigenvalue weighted by molar-refractivity contribution is -0.126. The summed E-state index contributed by atoms with van der Waals surface area (Å²) in [5.74, 6) is 0.316. The molecule has 0 aromatic heterocycles. The van der Waals surface area contributed by atoms with Crippen molar-refractivity contribution in [1.29, 1.82) is 0 Å². The highest BCUT2D eigenvalue weighted by Crippen LogP contribution is 2.16. The van der Waals surface area contributed by atoms with Gasteiger partial charge in [-0.1, -0.05) is 30.3 Å². The van der Waals surface area contributed by atoms with E-state index in [9.17, 15) is 9.59 Å². The van der Waals surface area contributed by atoms with Gasteiger partial charge in [0.15, 0.2) is 11.9 Å². The molecule has 0 aliphatic carbocycles. The normalized spacial score (nSPS) is 11.5. The van der Waals surface area contributed by atoms with Crippen molar-refractivity contribution >= 4 is 11.7 Å². The molecule has 108 valence electrons. The number of amides is 1. The SMILES string of the molecule is CNC(=O)C(C)Oc1ccc(C(=O)c2ccccc2)cc1. The molecular weight excluding hydrogens is 266 g/mol. The molecule has 2 rings (SSSR count). The maximum atomic E-state index is 12.2. The van der Waals surface area contributed by atoms with Crippen LogP contribution in [0.2, 0.25) is 0 Å². The maximum Gasteiger partial charge on any atom is 0.260 e. The minimum atomic E-state index is -0.578. The first-order valence-electron chi connectivity index (χ1n) is 6.70. The van der Waals surface area contributed by atoms with Crippen LogP contribution >= 0.6 is 0 Å². The molecule has 0 saturated carbocycles. The first-order chi connectivity index (χ1) is 10.1. The highest BCUT2D eigenvalue weighted by molar-refractivity contribution is 6.08. The fourth-order valence-electron chi connectivity index (χ4n) is 1.90. The summed E-state index contributed by atoms with van der Waals surface area (Å²) in [7, 11) is 1.56. The van der Waals surface area contributed by atoms with Crippen LogP contribution in [-0.2, 0) is 4.79 Å². The number of likely N-dealkylation sites (N-methyl/N-ethyl adjacent to an activating group) is 1. The molecule has 1 N–H and O–H groups in total. The molecule has 1 atom stereocenters. The number of carbonyl (C=O) groups is 2. The molecule has 0 fully saturated rings. The Hall–Kier alpha value is -2.62. The van der Waals surface area contributed by atoms with Crippen LogP contribution in [0.25, 0.3) is 0 Å². The fraction of sp³-hybridized carbons (Fsp3) is 0.176. The third-order valence-corrected chi connectivity index (χ3v) is 3.08. The van der Waals surface area contributed by atoms with Gasteiger partial charge in [-0.3, -0.25) is 9.59 Å². The molecule has 21 heavy (non-hydrogen) atoms. The Morgan fingerprint density at radius 1 is 0.952 bits per heavy atom. The number of hydrogen-bond acceptors (Lipinski definition) is 3. The van der Waals surface area contributed by atoms with Crippen molar-refractivity contribution < 1.29 is 14.3 Å². The molecule has 0 saturated heterocycles. The van der Waals surface area contributed by atoms with Gasteiger partial charge in [0, 0.05) is 18.2 Å². The number of benzene rings is 2. The Labute approximate surface area is 123 Å². The lowest BCUT2D eigenvalue weighted by Crippen LogP contribution is -2.33. The van der Waals surface area contributed by atoms with Gasteiger partial charge in [0.1, 0.15) is 5.75 Å². The van der Waals surface area contributed by atoms with Crippen LogP contribution in [0, 0.1) is 0 Å². The molecule has 1 amide bonds. The molecule has 0 heterocycles. The van der Waals surface area contributed by atoms with E-state index in [0.717, 1.165) is 0 Å². The number of ketones is 1. The third kappa shape index (κ3) is 3.69. The second kappa shape index (κ2) is 6.70. The number of nitrogens with one attached hydrogen (secondary N) is 1. The van der Waals surface area contributed by atoms with Crippen molar-refractivity contribution in [2.24, 2.45) is 0 Å². The Morgan fingerprint density at radius 3 is 2.10 bits per heavy atom. The molecule has 0 bridgehead atoms. The van der Waals surface area contributed by atoms with Gasteiger partial charge in [0.25, 0.3) is 5.91 Å². The van der Waals surface area contributed by atoms with E-state index in [0.29, 0.717) is 16.9 Å². The Morgan fingerprint density at radius 2 is 1.52 bits per heavy atom. The maximum absolute atomic E-state index is 12.2. The number of ether oxygens (including phenoxy) is 1. The van der Waals surface area contributed by atoms with Crippen LogP contribution in [0.4, 0.5) is 0 Å². The molecule has 0 radical (unpaired) electrons. The summed E-state index contributed by atoms with van der Waals surface area (Å²) in [6.45, 7) is 1.67. The minimum absolute atomic E-state index is 0.0403. The van der Waals surface area contributed by atoms with Crippen LogP contribution in [0.15, 0.2) is 54.6 Å². The fourth-order valence-corrected chi connectivity index (χ4v) is 1.90. The van der Waals surface area contributed by atoms with Gasteiger partial charge in [-0.15, -0.1) is 0 Å². The van der Waals surface area contributed by atoms with E-state index in [1.54, 1.807) is 50.4 Å². The molecule has 4 nitrogen and oxygen atoms in total. The van der Waals surface area contributed by atoms with Crippen molar-refractivity contribution in [3.05, 3.63) is 65.7 Å². The second-order valence-electron chi connectivity index (χ2n) is 4.59. The van der Waals surface area contributed by atoms with Crippen LogP contribution in [0.5, 0.6) is 5.75 Å². The van der Waals surface area contributed by atoms with Crippen molar-refractivity contribution in [2.75, 3.05) is 7.05 Å². The smallest absolute Gasteiger partial charge is 0.260 e. The third-order valence-electron chi connectivity index (χ3n) is 3.08. The highest BCUT2D eigenvalue weighted by atomic mass is 16.5. The Balaban J connectivity index is 2.09. The zero-order valence-corrected chi connectivity index (χ0v) is 12.0. The summed E-state index contributed by atoms with van der Waals surface area (Å²) in [6, 6.07) is 15.9. The van der Waals surface area contributed by atoms with E-state index >= 15 is 0 Å². The monoisotopic (exact) mass is 283 g/mol. The van der Waals surface area contributed by atoms with Crippen molar-refractivity contribution in [3.8, 4) is 5.75 Å². The predicted octanol–water partition coefficient (Wildman–Crippen LogP) is 2.43. The summed E-state index contributed by atoms with van der Waals surface area (Å²) < 4.78 is 5.48. The van der Waals surface area contributed by atoms with Crippen molar-refractivity contribution in [2.45, 2.75) is 13.0 Å². The molecule has 2 aromatic carbocycles. The van der Waals surface area contributed by atoms with E-state index in [1.807, 2.05) is 18.2 Å². The summed E-state index contributed by atoms with van der Waals surface area (Å²) in [5.41, 5.74) is 1.23. The van der Waals surface area contributed by atoms with Gasteiger partial charge in [-0.05, 0) is 31.2 Å². The number of rotatable bonds is 5. The van der Waals surface area contributed by atoms with E-state index in [1.165, 1.54) is 0 Å². The number of hydrogen-bond donors (Lipinski definition) is 1. The summed E-state index contributed by atoms with van der Waals surface area (Å²) in [6.07, 6.45) is -0.578. The van der Waals surface area contributed by atoms with Gasteiger partial charge in [0.2, 0.25) is 0 Å². The summed E-state index contributed by atoms with van der Waals surface area (Å²) in [5, 5.41) is 2.52. The Kier molecular flexibility index (Phi) is 4.72. The van der Waals surface area contributed by atoms with Crippen LogP contribution in [-0.4, -0.2) is 24.8 Å². The van der Waals surface area contributed by atoms with Gasteiger partial charge in [-0.25, -0.2) is 0 Å². The van der Waals surface area contributed by atoms with Crippen LogP contribution in [0.3, 0.4) is 0 Å². The van der Waals surface area contributed by atoms with Gasteiger partial charge >= 0.3 is 0 Å². The topological polar surface area (TPSA) is 55.4 Å².